The Morgan fingerprint density at radius 1 is 1.35 bits per heavy atom. The van der Waals surface area contributed by atoms with Crippen molar-refractivity contribution in [3.63, 3.8) is 0 Å². The molecule has 2 heterocycles. The molecule has 0 radical (unpaired) electrons. The Balaban J connectivity index is 2.05. The summed E-state index contributed by atoms with van der Waals surface area (Å²) < 4.78 is 6.59. The normalized spacial score (nSPS) is 16.2. The lowest BCUT2D eigenvalue weighted by Gasteiger charge is -2.20. The largest absolute Gasteiger partial charge is 0.448 e. The first kappa shape index (κ1) is 14.4. The number of nitrogens with zero attached hydrogens (tertiary/aromatic N) is 3. The number of amides is 1. The molecule has 2 N–H and O–H groups in total. The summed E-state index contributed by atoms with van der Waals surface area (Å²) in [6, 6.07) is 0. The SMILES string of the molecule is Cc1nn(C)c(C(=O)OC(C)C(=O)N2CCCC2)c1N. The van der Waals surface area contributed by atoms with Gasteiger partial charge in [0.2, 0.25) is 0 Å². The first-order valence-electron chi connectivity index (χ1n) is 6.70. The highest BCUT2D eigenvalue weighted by Crippen LogP contribution is 2.18. The smallest absolute Gasteiger partial charge is 0.359 e. The molecule has 7 nitrogen and oxygen atoms in total. The van der Waals surface area contributed by atoms with Crippen molar-refractivity contribution in [1.82, 2.24) is 14.7 Å². The van der Waals surface area contributed by atoms with Crippen LogP contribution in [0.15, 0.2) is 0 Å². The Bertz CT molecular complexity index is 532. The van der Waals surface area contributed by atoms with E-state index >= 15 is 0 Å². The quantitative estimate of drug-likeness (QED) is 0.813. The molecule has 110 valence electrons. The summed E-state index contributed by atoms with van der Waals surface area (Å²) in [7, 11) is 1.62. The van der Waals surface area contributed by atoms with Crippen LogP contribution < -0.4 is 5.73 Å². The van der Waals surface area contributed by atoms with E-state index in [0.29, 0.717) is 11.4 Å². The van der Waals surface area contributed by atoms with Crippen LogP contribution in [0.4, 0.5) is 5.69 Å². The van der Waals surface area contributed by atoms with Gasteiger partial charge in [-0.2, -0.15) is 5.10 Å². The molecule has 0 spiro atoms. The number of carbonyl (C=O) groups excluding carboxylic acids is 2. The number of carbonyl (C=O) groups is 2. The third-order valence-electron chi connectivity index (χ3n) is 3.51. The van der Waals surface area contributed by atoms with Crippen molar-refractivity contribution < 1.29 is 14.3 Å². The molecule has 0 bridgehead atoms. The van der Waals surface area contributed by atoms with Gasteiger partial charge in [0.1, 0.15) is 0 Å². The van der Waals surface area contributed by atoms with Crippen LogP contribution in [-0.2, 0) is 16.6 Å². The molecular weight excluding hydrogens is 260 g/mol. The van der Waals surface area contributed by atoms with E-state index in [1.807, 2.05) is 0 Å². The predicted molar refractivity (Wildman–Crippen MR) is 73.0 cm³/mol. The van der Waals surface area contributed by atoms with Gasteiger partial charge in [-0.3, -0.25) is 9.48 Å². The molecule has 1 saturated heterocycles. The average Bonchev–Trinajstić information content (AvgIpc) is 2.98. The van der Waals surface area contributed by atoms with E-state index in [1.165, 1.54) is 4.68 Å². The van der Waals surface area contributed by atoms with E-state index in [9.17, 15) is 9.59 Å². The Kier molecular flexibility index (Phi) is 3.96. The maximum absolute atomic E-state index is 12.1. The molecule has 1 fully saturated rings. The summed E-state index contributed by atoms with van der Waals surface area (Å²) in [5, 5.41) is 4.06. The molecule has 1 aromatic heterocycles. The fraction of sp³-hybridized carbons (Fsp3) is 0.615. The number of nitrogen functional groups attached to an aromatic ring is 1. The fourth-order valence-electron chi connectivity index (χ4n) is 2.38. The Morgan fingerprint density at radius 3 is 2.45 bits per heavy atom. The molecule has 1 aliphatic heterocycles. The highest BCUT2D eigenvalue weighted by Gasteiger charge is 2.28. The van der Waals surface area contributed by atoms with Crippen molar-refractivity contribution in [3.05, 3.63) is 11.4 Å². The van der Waals surface area contributed by atoms with Gasteiger partial charge in [-0.15, -0.1) is 0 Å². The third-order valence-corrected chi connectivity index (χ3v) is 3.51. The van der Waals surface area contributed by atoms with E-state index in [0.717, 1.165) is 25.9 Å². The zero-order valence-electron chi connectivity index (χ0n) is 12.0. The van der Waals surface area contributed by atoms with Crippen LogP contribution in [0.2, 0.25) is 0 Å². The highest BCUT2D eigenvalue weighted by molar-refractivity contribution is 5.95. The van der Waals surface area contributed by atoms with E-state index in [1.54, 1.807) is 25.8 Å². The molecule has 1 amide bonds. The van der Waals surface area contributed by atoms with E-state index in [-0.39, 0.29) is 11.6 Å². The first-order chi connectivity index (χ1) is 9.41. The number of nitrogens with two attached hydrogens (primary N) is 1. The molecular formula is C13H20N4O3. The van der Waals surface area contributed by atoms with Crippen LogP contribution in [0.3, 0.4) is 0 Å². The monoisotopic (exact) mass is 280 g/mol. The minimum Gasteiger partial charge on any atom is -0.448 e. The number of esters is 1. The van der Waals surface area contributed by atoms with Crippen LogP contribution in [0.5, 0.6) is 0 Å². The van der Waals surface area contributed by atoms with Crippen LogP contribution in [0.25, 0.3) is 0 Å². The summed E-state index contributed by atoms with van der Waals surface area (Å²) in [5.74, 6) is -0.779. The summed E-state index contributed by atoms with van der Waals surface area (Å²) in [4.78, 5) is 25.9. The number of ether oxygens (including phenoxy) is 1. The second-order valence-electron chi connectivity index (χ2n) is 5.05. The second kappa shape index (κ2) is 5.52. The van der Waals surface area contributed by atoms with Gasteiger partial charge in [0.15, 0.2) is 11.8 Å². The maximum atomic E-state index is 12.1. The molecule has 1 atom stereocenters. The predicted octanol–water partition coefficient (Wildman–Crippen LogP) is 0.478. The first-order valence-corrected chi connectivity index (χ1v) is 6.70. The number of hydrogen-bond acceptors (Lipinski definition) is 5. The lowest BCUT2D eigenvalue weighted by Crippen LogP contribution is -2.38. The molecule has 0 saturated carbocycles. The van der Waals surface area contributed by atoms with Gasteiger partial charge in [0, 0.05) is 20.1 Å². The van der Waals surface area contributed by atoms with E-state index in [2.05, 4.69) is 5.10 Å². The second-order valence-corrected chi connectivity index (χ2v) is 5.05. The number of likely N-dealkylation sites (tertiary alicyclic amines) is 1. The molecule has 0 aliphatic carbocycles. The molecule has 0 aromatic carbocycles. The van der Waals surface area contributed by atoms with Crippen molar-refractivity contribution in [3.8, 4) is 0 Å². The van der Waals surface area contributed by atoms with Gasteiger partial charge in [0.05, 0.1) is 11.4 Å². The average molecular weight is 280 g/mol. The number of anilines is 1. The third kappa shape index (κ3) is 2.61. The van der Waals surface area contributed by atoms with Gasteiger partial charge in [-0.25, -0.2) is 4.79 Å². The lowest BCUT2D eigenvalue weighted by molar-refractivity contribution is -0.138. The van der Waals surface area contributed by atoms with Gasteiger partial charge in [0.25, 0.3) is 5.91 Å². The van der Waals surface area contributed by atoms with Gasteiger partial charge in [-0.05, 0) is 26.7 Å². The van der Waals surface area contributed by atoms with Gasteiger partial charge in [-0.1, -0.05) is 0 Å². The van der Waals surface area contributed by atoms with Crippen molar-refractivity contribution in [2.24, 2.45) is 7.05 Å². The number of aromatic nitrogens is 2. The summed E-state index contributed by atoms with van der Waals surface area (Å²) in [5.41, 5.74) is 6.84. The number of aryl methyl sites for hydroxylation is 2. The van der Waals surface area contributed by atoms with Crippen molar-refractivity contribution in [1.29, 1.82) is 0 Å². The van der Waals surface area contributed by atoms with Gasteiger partial charge >= 0.3 is 5.97 Å². The Morgan fingerprint density at radius 2 is 1.95 bits per heavy atom. The van der Waals surface area contributed by atoms with Crippen LogP contribution in [-0.4, -0.2) is 45.8 Å². The standard InChI is InChI=1S/C13H20N4O3/c1-8-10(14)11(16(3)15-8)13(19)20-9(2)12(18)17-6-4-5-7-17/h9H,4-7,14H2,1-3H3. The van der Waals surface area contributed by atoms with E-state index in [4.69, 9.17) is 10.5 Å². The summed E-state index contributed by atoms with van der Waals surface area (Å²) in [6.45, 7) is 4.75. The minimum atomic E-state index is -0.810. The van der Waals surface area contributed by atoms with Crippen LogP contribution >= 0.6 is 0 Å². The molecule has 1 aromatic rings. The van der Waals surface area contributed by atoms with Crippen molar-refractivity contribution in [2.45, 2.75) is 32.8 Å². The molecule has 1 unspecified atom stereocenters. The van der Waals surface area contributed by atoms with Crippen LogP contribution in [0, 0.1) is 6.92 Å². The van der Waals surface area contributed by atoms with Crippen LogP contribution in [0.1, 0.15) is 35.9 Å². The Labute approximate surface area is 117 Å². The molecule has 2 rings (SSSR count). The highest BCUT2D eigenvalue weighted by atomic mass is 16.5. The molecule has 7 heteroatoms. The number of rotatable bonds is 3. The topological polar surface area (TPSA) is 90.5 Å². The summed E-state index contributed by atoms with van der Waals surface area (Å²) >= 11 is 0. The molecule has 1 aliphatic rings. The summed E-state index contributed by atoms with van der Waals surface area (Å²) in [6.07, 6.45) is 1.19. The Hall–Kier alpha value is -2.05. The van der Waals surface area contributed by atoms with Gasteiger partial charge < -0.3 is 15.4 Å². The lowest BCUT2D eigenvalue weighted by atomic mass is 10.3. The number of hydrogen-bond donors (Lipinski definition) is 1. The van der Waals surface area contributed by atoms with Crippen molar-refractivity contribution >= 4 is 17.6 Å². The molecule has 20 heavy (non-hydrogen) atoms. The zero-order chi connectivity index (χ0) is 14.9. The maximum Gasteiger partial charge on any atom is 0.359 e. The minimum absolute atomic E-state index is 0.159. The zero-order valence-corrected chi connectivity index (χ0v) is 12.0. The van der Waals surface area contributed by atoms with Crippen molar-refractivity contribution in [2.75, 3.05) is 18.8 Å². The van der Waals surface area contributed by atoms with E-state index < -0.39 is 12.1 Å². The fourth-order valence-corrected chi connectivity index (χ4v) is 2.38.